The molecule has 0 bridgehead atoms. The number of nitrogens with zero attached hydrogens (tertiary/aromatic N) is 3. The second kappa shape index (κ2) is 9.59. The molecule has 4 atom stereocenters. The predicted octanol–water partition coefficient (Wildman–Crippen LogP) is -2.41. The molecule has 1 aromatic heterocycles. The number of nitrogens with two attached hydrogens (primary N) is 1. The number of benzene rings is 1. The summed E-state index contributed by atoms with van der Waals surface area (Å²) in [5, 5.41) is 63.5. The molecule has 3 rings (SSSR count). The van der Waals surface area contributed by atoms with Crippen molar-refractivity contribution in [3.8, 4) is 5.75 Å². The first-order chi connectivity index (χ1) is 16.0. The number of para-hydroxylation sites is 1. The number of alkyl halides is 1. The van der Waals surface area contributed by atoms with Crippen LogP contribution in [0.5, 0.6) is 5.75 Å². The van der Waals surface area contributed by atoms with Gasteiger partial charge in [0, 0.05) is 5.56 Å². The lowest BCUT2D eigenvalue weighted by molar-refractivity contribution is -0.413. The fourth-order valence-electron chi connectivity index (χ4n) is 3.54. The number of ether oxygens (including phenoxy) is 2. The maximum Gasteiger partial charge on any atom is 0.353 e. The van der Waals surface area contributed by atoms with Crippen molar-refractivity contribution in [1.82, 2.24) is 14.6 Å². The van der Waals surface area contributed by atoms with Gasteiger partial charge in [-0.05, 0) is 6.07 Å². The molecule has 1 fully saturated rings. The number of esters is 1. The highest BCUT2D eigenvalue weighted by Crippen LogP contribution is 2.44. The zero-order chi connectivity index (χ0) is 25.3. The molecule has 0 radical (unpaired) electrons. The van der Waals surface area contributed by atoms with Gasteiger partial charge in [0.1, 0.15) is 42.6 Å². The van der Waals surface area contributed by atoms with Gasteiger partial charge in [-0.15, -0.1) is 5.06 Å². The molecule has 1 saturated heterocycles. The van der Waals surface area contributed by atoms with E-state index in [1.165, 1.54) is 24.3 Å². The van der Waals surface area contributed by atoms with Crippen LogP contribution in [-0.2, 0) is 21.9 Å². The monoisotopic (exact) mass is 486 g/mol. The van der Waals surface area contributed by atoms with E-state index in [0.29, 0.717) is 6.20 Å². The molecule has 186 valence electrons. The maximum atomic E-state index is 12.6. The number of nitrogen functional groups attached to an aromatic ring is 1. The van der Waals surface area contributed by atoms with Gasteiger partial charge < -0.3 is 45.9 Å². The van der Waals surface area contributed by atoms with E-state index in [4.69, 9.17) is 10.5 Å². The Bertz CT molecular complexity index is 1120. The van der Waals surface area contributed by atoms with Crippen molar-refractivity contribution >= 4 is 11.8 Å². The highest BCUT2D eigenvalue weighted by molar-refractivity contribution is 5.93. The number of phenolic OH excluding ortho intramolecular Hbond substituents is 1. The van der Waals surface area contributed by atoms with Crippen LogP contribution in [0, 0.1) is 0 Å². The van der Waals surface area contributed by atoms with Crippen LogP contribution >= 0.6 is 0 Å². The van der Waals surface area contributed by atoms with Crippen LogP contribution in [0.4, 0.5) is 10.2 Å². The smallest absolute Gasteiger partial charge is 0.353 e. The Morgan fingerprint density at radius 3 is 2.65 bits per heavy atom. The largest absolute Gasteiger partial charge is 0.508 e. The molecular formula is C19H23FN4O10. The first-order valence-electron chi connectivity index (χ1n) is 9.78. The number of hydrogen-bond donors (Lipinski definition) is 7. The third kappa shape index (κ3) is 3.98. The molecule has 0 unspecified atom stereocenters. The van der Waals surface area contributed by atoms with Gasteiger partial charge in [-0.3, -0.25) is 0 Å². The van der Waals surface area contributed by atoms with E-state index in [9.17, 15) is 44.7 Å². The van der Waals surface area contributed by atoms with Crippen LogP contribution in [-0.4, -0.2) is 89.1 Å². The molecule has 2 aromatic rings. The van der Waals surface area contributed by atoms with Crippen molar-refractivity contribution in [3.63, 3.8) is 0 Å². The van der Waals surface area contributed by atoms with E-state index in [2.05, 4.69) is 9.72 Å². The standard InChI is InChI=1S/C19H23FN4O10/c20-5-6-33-16(28)11-7-22-17(29)24(15(11)21)19(31)18(30,14(27)13(9-25)34-19)23(32)8-10-3-1-2-4-12(10)26/h1-4,7,13-14,25-27,30-32H,5-6,8-9,21H2/t13-,14-,18-,19-/m1/s1. The number of rotatable bonds is 8. The molecule has 1 aromatic carbocycles. The third-order valence-corrected chi connectivity index (χ3v) is 5.29. The van der Waals surface area contributed by atoms with Gasteiger partial charge in [0.15, 0.2) is 0 Å². The summed E-state index contributed by atoms with van der Waals surface area (Å²) in [5.74, 6) is -5.89. The summed E-state index contributed by atoms with van der Waals surface area (Å²) in [6, 6.07) is 5.56. The second-order valence-electron chi connectivity index (χ2n) is 7.30. The number of aliphatic hydroxyl groups is 4. The van der Waals surface area contributed by atoms with Crippen LogP contribution in [0.2, 0.25) is 0 Å². The van der Waals surface area contributed by atoms with Gasteiger partial charge in [-0.1, -0.05) is 18.2 Å². The number of anilines is 1. The van der Waals surface area contributed by atoms with Gasteiger partial charge in [0.2, 0.25) is 5.72 Å². The maximum absolute atomic E-state index is 12.6. The summed E-state index contributed by atoms with van der Waals surface area (Å²) in [7, 11) is 0. The first-order valence-corrected chi connectivity index (χ1v) is 9.78. The highest BCUT2D eigenvalue weighted by Gasteiger charge is 2.70. The lowest BCUT2D eigenvalue weighted by Crippen LogP contribution is -2.68. The van der Waals surface area contributed by atoms with Crippen molar-refractivity contribution in [2.45, 2.75) is 30.4 Å². The molecule has 0 amide bonds. The lowest BCUT2D eigenvalue weighted by atomic mass is 9.99. The first kappa shape index (κ1) is 25.4. The van der Waals surface area contributed by atoms with E-state index < -0.39 is 73.3 Å². The minimum absolute atomic E-state index is 0.0161. The van der Waals surface area contributed by atoms with Crippen molar-refractivity contribution in [2.75, 3.05) is 25.6 Å². The van der Waals surface area contributed by atoms with E-state index in [-0.39, 0.29) is 20.9 Å². The Hall–Kier alpha value is -3.18. The number of hydroxylamine groups is 2. The lowest BCUT2D eigenvalue weighted by Gasteiger charge is -2.42. The fourth-order valence-corrected chi connectivity index (χ4v) is 3.54. The fraction of sp³-hybridized carbons (Fsp3) is 0.421. The minimum Gasteiger partial charge on any atom is -0.508 e. The molecular weight excluding hydrogens is 463 g/mol. The van der Waals surface area contributed by atoms with Crippen LogP contribution < -0.4 is 11.4 Å². The Kier molecular flexibility index (Phi) is 7.18. The highest BCUT2D eigenvalue weighted by atomic mass is 19.1. The van der Waals surface area contributed by atoms with Gasteiger partial charge in [0.25, 0.3) is 0 Å². The molecule has 8 N–H and O–H groups in total. The van der Waals surface area contributed by atoms with Crippen molar-refractivity contribution in [2.24, 2.45) is 0 Å². The number of phenols is 1. The molecule has 15 heteroatoms. The molecule has 1 aliphatic heterocycles. The molecule has 14 nitrogen and oxygen atoms in total. The number of aromatic nitrogens is 2. The molecule has 0 spiro atoms. The Morgan fingerprint density at radius 1 is 1.35 bits per heavy atom. The number of aliphatic hydroxyl groups excluding tert-OH is 2. The zero-order valence-electron chi connectivity index (χ0n) is 17.5. The van der Waals surface area contributed by atoms with E-state index in [0.717, 1.165) is 0 Å². The van der Waals surface area contributed by atoms with Crippen LogP contribution in [0.25, 0.3) is 0 Å². The van der Waals surface area contributed by atoms with Crippen LogP contribution in [0.3, 0.4) is 0 Å². The second-order valence-corrected chi connectivity index (χ2v) is 7.30. The summed E-state index contributed by atoms with van der Waals surface area (Å²) in [6.07, 6.45) is -3.38. The number of carbonyl (C=O) groups excluding carboxylic acids is 1. The molecule has 2 heterocycles. The molecule has 1 aliphatic rings. The van der Waals surface area contributed by atoms with Crippen molar-refractivity contribution in [1.29, 1.82) is 0 Å². The number of halogens is 1. The zero-order valence-corrected chi connectivity index (χ0v) is 17.5. The minimum atomic E-state index is -3.44. The van der Waals surface area contributed by atoms with Gasteiger partial charge in [-0.2, -0.15) is 0 Å². The Morgan fingerprint density at radius 2 is 2.03 bits per heavy atom. The van der Waals surface area contributed by atoms with Gasteiger partial charge in [-0.25, -0.2) is 23.5 Å². The van der Waals surface area contributed by atoms with Crippen LogP contribution in [0.1, 0.15) is 15.9 Å². The van der Waals surface area contributed by atoms with E-state index in [1.807, 2.05) is 0 Å². The summed E-state index contributed by atoms with van der Waals surface area (Å²) in [4.78, 5) is 28.1. The van der Waals surface area contributed by atoms with Crippen molar-refractivity contribution < 1.29 is 49.4 Å². The SMILES string of the molecule is Nc1c(C(=O)OCCF)cnc(=O)n1[C@]1(O)O[C@H](CO)[C@@H](O)[C@]1(O)N(O)Cc1ccccc1O. The Balaban J connectivity index is 2.15. The number of aromatic hydroxyl groups is 1. The summed E-state index contributed by atoms with van der Waals surface area (Å²) in [6.45, 7) is -3.42. The predicted molar refractivity (Wildman–Crippen MR) is 108 cm³/mol. The molecule has 0 aliphatic carbocycles. The normalized spacial score (nSPS) is 26.7. The third-order valence-electron chi connectivity index (χ3n) is 5.29. The average Bonchev–Trinajstić information content (AvgIpc) is 3.01. The van der Waals surface area contributed by atoms with Crippen LogP contribution in [0.15, 0.2) is 35.3 Å². The topological polar surface area (TPSA) is 221 Å². The summed E-state index contributed by atoms with van der Waals surface area (Å²) < 4.78 is 22.2. The van der Waals surface area contributed by atoms with Crippen molar-refractivity contribution in [3.05, 3.63) is 52.1 Å². The summed E-state index contributed by atoms with van der Waals surface area (Å²) in [5.41, 5.74) is 0.506. The van der Waals surface area contributed by atoms with Gasteiger partial charge >= 0.3 is 17.6 Å². The quantitative estimate of drug-likeness (QED) is 0.118. The van der Waals surface area contributed by atoms with E-state index in [1.54, 1.807) is 0 Å². The van der Waals surface area contributed by atoms with E-state index >= 15 is 0 Å². The Labute approximate surface area is 190 Å². The number of carbonyl (C=O) groups is 1. The number of hydrogen-bond acceptors (Lipinski definition) is 13. The average molecular weight is 486 g/mol. The van der Waals surface area contributed by atoms with Gasteiger partial charge in [0.05, 0.1) is 19.3 Å². The molecule has 34 heavy (non-hydrogen) atoms. The summed E-state index contributed by atoms with van der Waals surface area (Å²) >= 11 is 0. The molecule has 0 saturated carbocycles.